The van der Waals surface area contributed by atoms with E-state index in [9.17, 15) is 4.39 Å². The van der Waals surface area contributed by atoms with Crippen molar-refractivity contribution in [3.05, 3.63) is 23.6 Å². The Labute approximate surface area is 108 Å². The summed E-state index contributed by atoms with van der Waals surface area (Å²) in [4.78, 5) is 6.08. The molecule has 0 atom stereocenters. The molecule has 1 aliphatic carbocycles. The smallest absolute Gasteiger partial charge is 0.171 e. The van der Waals surface area contributed by atoms with Crippen molar-refractivity contribution in [1.29, 1.82) is 0 Å². The lowest BCUT2D eigenvalue weighted by molar-refractivity contribution is 0.275. The van der Waals surface area contributed by atoms with Gasteiger partial charge >= 0.3 is 0 Å². The Morgan fingerprint density at radius 2 is 2.00 bits per heavy atom. The van der Waals surface area contributed by atoms with Crippen molar-refractivity contribution < 1.29 is 9.50 Å². The molecule has 0 spiro atoms. The molecule has 18 heavy (non-hydrogen) atoms. The monoisotopic (exact) mass is 252 g/mol. The maximum Gasteiger partial charge on any atom is 0.171 e. The number of aromatic nitrogens is 1. The van der Waals surface area contributed by atoms with Crippen LogP contribution in [0.2, 0.25) is 0 Å². The molecular weight excluding hydrogens is 231 g/mol. The molecule has 0 saturated heterocycles. The first-order valence-corrected chi connectivity index (χ1v) is 6.71. The van der Waals surface area contributed by atoms with Crippen LogP contribution in [-0.2, 0) is 6.61 Å². The van der Waals surface area contributed by atoms with E-state index in [1.54, 1.807) is 6.20 Å². The van der Waals surface area contributed by atoms with Crippen LogP contribution in [0.3, 0.4) is 0 Å². The molecule has 1 aromatic rings. The minimum Gasteiger partial charge on any atom is -0.392 e. The molecular formula is C14H21FN2O. The van der Waals surface area contributed by atoms with Gasteiger partial charge in [-0.15, -0.1) is 0 Å². The lowest BCUT2D eigenvalue weighted by atomic mass is 10.1. The summed E-state index contributed by atoms with van der Waals surface area (Å²) in [6.07, 6.45) is 8.72. The van der Waals surface area contributed by atoms with Crippen molar-refractivity contribution in [2.45, 2.75) is 51.2 Å². The van der Waals surface area contributed by atoms with Crippen LogP contribution >= 0.6 is 0 Å². The lowest BCUT2D eigenvalue weighted by Gasteiger charge is -2.28. The van der Waals surface area contributed by atoms with Gasteiger partial charge in [-0.2, -0.15) is 0 Å². The number of nitrogens with zero attached hydrogens (tertiary/aromatic N) is 2. The summed E-state index contributed by atoms with van der Waals surface area (Å²) in [5.74, 6) is -0.0137. The lowest BCUT2D eigenvalue weighted by Crippen LogP contribution is -2.32. The van der Waals surface area contributed by atoms with E-state index in [1.807, 2.05) is 11.9 Å². The average Bonchev–Trinajstić information content (AvgIpc) is 2.67. The van der Waals surface area contributed by atoms with Gasteiger partial charge in [0.1, 0.15) is 0 Å². The van der Waals surface area contributed by atoms with E-state index in [0.717, 1.165) is 12.8 Å². The molecule has 0 aliphatic heterocycles. The number of hydrogen-bond donors (Lipinski definition) is 1. The second-order valence-electron chi connectivity index (χ2n) is 5.02. The van der Waals surface area contributed by atoms with Crippen LogP contribution in [0.15, 0.2) is 12.3 Å². The fourth-order valence-electron chi connectivity index (χ4n) is 2.66. The highest BCUT2D eigenvalue weighted by Crippen LogP contribution is 2.26. The minimum absolute atomic E-state index is 0.278. The topological polar surface area (TPSA) is 36.4 Å². The number of hydrogen-bond acceptors (Lipinski definition) is 3. The van der Waals surface area contributed by atoms with E-state index in [2.05, 4.69) is 4.98 Å². The largest absolute Gasteiger partial charge is 0.392 e. The first kappa shape index (κ1) is 13.3. The number of pyridine rings is 1. The predicted molar refractivity (Wildman–Crippen MR) is 70.0 cm³/mol. The molecule has 0 amide bonds. The summed E-state index contributed by atoms with van der Waals surface area (Å²) in [6, 6.07) is 1.89. The van der Waals surface area contributed by atoms with Crippen LogP contribution in [0.4, 0.5) is 10.2 Å². The zero-order valence-electron chi connectivity index (χ0n) is 10.9. The van der Waals surface area contributed by atoms with Crippen LogP contribution < -0.4 is 4.90 Å². The van der Waals surface area contributed by atoms with Crippen LogP contribution in [0.5, 0.6) is 0 Å². The molecule has 1 saturated carbocycles. The van der Waals surface area contributed by atoms with Gasteiger partial charge in [-0.25, -0.2) is 9.37 Å². The molecule has 1 fully saturated rings. The van der Waals surface area contributed by atoms with Gasteiger partial charge in [0.05, 0.1) is 6.61 Å². The number of rotatable bonds is 3. The van der Waals surface area contributed by atoms with E-state index in [1.165, 1.54) is 31.7 Å². The van der Waals surface area contributed by atoms with Gasteiger partial charge < -0.3 is 10.0 Å². The standard InChI is InChI=1S/C14H21FN2O/c1-17(12-6-4-2-3-5-7-12)14-13(15)11(10-18)8-9-16-14/h8-9,12,18H,2-7,10H2,1H3. The zero-order chi connectivity index (χ0) is 13.0. The highest BCUT2D eigenvalue weighted by molar-refractivity contribution is 5.43. The summed E-state index contributed by atoms with van der Waals surface area (Å²) in [6.45, 7) is -0.278. The normalized spacial score (nSPS) is 17.5. The van der Waals surface area contributed by atoms with Gasteiger partial charge in [0.25, 0.3) is 0 Å². The van der Waals surface area contributed by atoms with Gasteiger partial charge in [0.15, 0.2) is 11.6 Å². The van der Waals surface area contributed by atoms with Crippen LogP contribution in [0.25, 0.3) is 0 Å². The number of halogens is 1. The Morgan fingerprint density at radius 3 is 2.61 bits per heavy atom. The van der Waals surface area contributed by atoms with E-state index in [-0.39, 0.29) is 12.4 Å². The Hall–Kier alpha value is -1.16. The third kappa shape index (κ3) is 2.80. The third-order valence-corrected chi connectivity index (χ3v) is 3.83. The molecule has 2 rings (SSSR count). The van der Waals surface area contributed by atoms with Crippen molar-refractivity contribution in [3.8, 4) is 0 Å². The average molecular weight is 252 g/mol. The molecule has 0 aromatic carbocycles. The molecule has 1 aromatic heterocycles. The fraction of sp³-hybridized carbons (Fsp3) is 0.643. The fourth-order valence-corrected chi connectivity index (χ4v) is 2.66. The van der Waals surface area contributed by atoms with E-state index in [0.29, 0.717) is 17.4 Å². The summed E-state index contributed by atoms with van der Waals surface area (Å²) < 4.78 is 14.1. The molecule has 0 radical (unpaired) electrons. The highest BCUT2D eigenvalue weighted by Gasteiger charge is 2.21. The first-order chi connectivity index (χ1) is 8.74. The van der Waals surface area contributed by atoms with Crippen molar-refractivity contribution in [1.82, 2.24) is 4.98 Å². The zero-order valence-corrected chi connectivity index (χ0v) is 10.9. The summed E-state index contributed by atoms with van der Waals surface area (Å²) in [5, 5.41) is 9.09. The number of anilines is 1. The van der Waals surface area contributed by atoms with Gasteiger partial charge in [0, 0.05) is 24.8 Å². The Balaban J connectivity index is 2.19. The van der Waals surface area contributed by atoms with E-state index < -0.39 is 0 Å². The Morgan fingerprint density at radius 1 is 1.33 bits per heavy atom. The molecule has 1 heterocycles. The highest BCUT2D eigenvalue weighted by atomic mass is 19.1. The summed E-state index contributed by atoms with van der Waals surface area (Å²) in [7, 11) is 1.91. The molecule has 3 nitrogen and oxygen atoms in total. The van der Waals surface area contributed by atoms with Crippen LogP contribution in [0.1, 0.15) is 44.1 Å². The maximum atomic E-state index is 14.1. The van der Waals surface area contributed by atoms with Crippen molar-refractivity contribution in [3.63, 3.8) is 0 Å². The van der Waals surface area contributed by atoms with Gasteiger partial charge in [0.2, 0.25) is 0 Å². The van der Waals surface area contributed by atoms with Crippen LogP contribution in [-0.4, -0.2) is 23.2 Å². The molecule has 100 valence electrons. The Bertz CT molecular complexity index is 389. The second kappa shape index (κ2) is 6.14. The quantitative estimate of drug-likeness (QED) is 0.840. The Kier molecular flexibility index (Phi) is 4.53. The minimum atomic E-state index is -0.383. The van der Waals surface area contributed by atoms with Gasteiger partial charge in [-0.1, -0.05) is 25.7 Å². The molecule has 1 aliphatic rings. The number of aliphatic hydroxyl groups excluding tert-OH is 1. The second-order valence-corrected chi connectivity index (χ2v) is 5.02. The van der Waals surface area contributed by atoms with Crippen molar-refractivity contribution >= 4 is 5.82 Å². The summed E-state index contributed by atoms with van der Waals surface area (Å²) in [5.41, 5.74) is 0.320. The van der Waals surface area contributed by atoms with Gasteiger partial charge in [-0.05, 0) is 18.9 Å². The molecule has 1 N–H and O–H groups in total. The van der Waals surface area contributed by atoms with Crippen LogP contribution in [0, 0.1) is 5.82 Å². The van der Waals surface area contributed by atoms with Gasteiger partial charge in [-0.3, -0.25) is 0 Å². The SMILES string of the molecule is CN(c1nccc(CO)c1F)C1CCCCCC1. The maximum absolute atomic E-state index is 14.1. The third-order valence-electron chi connectivity index (χ3n) is 3.83. The first-order valence-electron chi connectivity index (χ1n) is 6.71. The van der Waals surface area contributed by atoms with Crippen molar-refractivity contribution in [2.75, 3.05) is 11.9 Å². The molecule has 0 unspecified atom stereocenters. The summed E-state index contributed by atoms with van der Waals surface area (Å²) >= 11 is 0. The van der Waals surface area contributed by atoms with E-state index in [4.69, 9.17) is 5.11 Å². The molecule has 4 heteroatoms. The number of aliphatic hydroxyl groups is 1. The predicted octanol–water partition coefficient (Wildman–Crippen LogP) is 2.87. The molecule has 0 bridgehead atoms. The van der Waals surface area contributed by atoms with Crippen molar-refractivity contribution in [2.24, 2.45) is 0 Å². The van der Waals surface area contributed by atoms with E-state index >= 15 is 0 Å².